The first kappa shape index (κ1) is 18.2. The van der Waals surface area contributed by atoms with Crippen LogP contribution in [0.15, 0.2) is 24.3 Å². The van der Waals surface area contributed by atoms with Crippen molar-refractivity contribution in [2.75, 3.05) is 32.9 Å². The largest absolute Gasteiger partial charge is 0.450 e. The number of alkyl carbamates (subject to hydrolysis) is 1. The molecule has 132 valence electrons. The van der Waals surface area contributed by atoms with Gasteiger partial charge in [0.05, 0.1) is 12.0 Å². The van der Waals surface area contributed by atoms with E-state index in [1.54, 1.807) is 19.1 Å². The Labute approximate surface area is 140 Å². The molecule has 7 heteroatoms. The molecule has 1 aromatic carbocycles. The van der Waals surface area contributed by atoms with Crippen LogP contribution in [0.1, 0.15) is 25.3 Å². The number of halogens is 1. The van der Waals surface area contributed by atoms with Gasteiger partial charge in [-0.25, -0.2) is 9.18 Å². The van der Waals surface area contributed by atoms with Gasteiger partial charge in [-0.1, -0.05) is 12.1 Å². The van der Waals surface area contributed by atoms with Gasteiger partial charge in [-0.05, 0) is 37.5 Å². The highest BCUT2D eigenvalue weighted by atomic mass is 19.1. The molecule has 0 saturated carbocycles. The first-order chi connectivity index (χ1) is 11.6. The Morgan fingerprint density at radius 3 is 2.62 bits per heavy atom. The predicted molar refractivity (Wildman–Crippen MR) is 86.2 cm³/mol. The minimum Gasteiger partial charge on any atom is -0.450 e. The minimum absolute atomic E-state index is 0.179. The standard InChI is InChI=1S/C17H23FN2O4/c1-2-24-16(22)20-9-8-19-15(21)17(6-10-23-11-7-17)13-4-3-5-14(18)12-13/h3-5,12H,2,6-11H2,1H3,(H,19,21)(H,20,22). The van der Waals surface area contributed by atoms with Gasteiger partial charge in [0.2, 0.25) is 5.91 Å². The molecule has 0 atom stereocenters. The average molecular weight is 338 g/mol. The molecule has 1 aliphatic heterocycles. The van der Waals surface area contributed by atoms with Gasteiger partial charge in [-0.2, -0.15) is 0 Å². The van der Waals surface area contributed by atoms with Crippen LogP contribution < -0.4 is 10.6 Å². The van der Waals surface area contributed by atoms with Crippen LogP contribution in [0.3, 0.4) is 0 Å². The van der Waals surface area contributed by atoms with E-state index in [-0.39, 0.29) is 24.8 Å². The molecule has 2 N–H and O–H groups in total. The summed E-state index contributed by atoms with van der Waals surface area (Å²) in [6.45, 7) is 3.45. The second-order valence-electron chi connectivity index (χ2n) is 5.61. The van der Waals surface area contributed by atoms with Crippen LogP contribution in [0.2, 0.25) is 0 Å². The maximum atomic E-state index is 13.6. The lowest BCUT2D eigenvalue weighted by molar-refractivity contribution is -0.130. The van der Waals surface area contributed by atoms with E-state index >= 15 is 0 Å². The summed E-state index contributed by atoms with van der Waals surface area (Å²) in [5.41, 5.74) is -0.147. The monoisotopic (exact) mass is 338 g/mol. The van der Waals surface area contributed by atoms with Gasteiger partial charge >= 0.3 is 6.09 Å². The third-order valence-electron chi connectivity index (χ3n) is 4.11. The van der Waals surface area contributed by atoms with Crippen LogP contribution in [0, 0.1) is 5.82 Å². The molecule has 0 bridgehead atoms. The van der Waals surface area contributed by atoms with Crippen molar-refractivity contribution in [1.82, 2.24) is 10.6 Å². The molecule has 0 unspecified atom stereocenters. The van der Waals surface area contributed by atoms with Crippen molar-refractivity contribution >= 4 is 12.0 Å². The van der Waals surface area contributed by atoms with E-state index < -0.39 is 11.5 Å². The Morgan fingerprint density at radius 2 is 1.96 bits per heavy atom. The van der Waals surface area contributed by atoms with Crippen molar-refractivity contribution in [1.29, 1.82) is 0 Å². The summed E-state index contributed by atoms with van der Waals surface area (Å²) in [6, 6.07) is 6.14. The molecule has 1 heterocycles. The van der Waals surface area contributed by atoms with Crippen molar-refractivity contribution in [3.05, 3.63) is 35.6 Å². The Kier molecular flexibility index (Phi) is 6.54. The van der Waals surface area contributed by atoms with Crippen LogP contribution in [-0.2, 0) is 19.7 Å². The summed E-state index contributed by atoms with van der Waals surface area (Å²) in [5, 5.41) is 5.36. The molecule has 1 aliphatic rings. The summed E-state index contributed by atoms with van der Waals surface area (Å²) in [6.07, 6.45) is 0.471. The predicted octanol–water partition coefficient (Wildman–Crippen LogP) is 1.74. The minimum atomic E-state index is -0.801. The maximum Gasteiger partial charge on any atom is 0.407 e. The summed E-state index contributed by atoms with van der Waals surface area (Å²) in [5.74, 6) is -0.544. The highest BCUT2D eigenvalue weighted by molar-refractivity contribution is 5.88. The Bertz CT molecular complexity index is 573. The molecule has 1 aromatic rings. The number of rotatable bonds is 6. The summed E-state index contributed by atoms with van der Waals surface area (Å²) < 4.78 is 23.7. The third-order valence-corrected chi connectivity index (χ3v) is 4.11. The molecule has 1 saturated heterocycles. The van der Waals surface area contributed by atoms with E-state index in [0.717, 1.165) is 0 Å². The molecule has 0 radical (unpaired) electrons. The van der Waals surface area contributed by atoms with E-state index in [1.807, 2.05) is 0 Å². The molecular formula is C17H23FN2O4. The highest BCUT2D eigenvalue weighted by Crippen LogP contribution is 2.35. The van der Waals surface area contributed by atoms with E-state index in [0.29, 0.717) is 38.2 Å². The molecule has 0 spiro atoms. The molecule has 2 rings (SSSR count). The molecule has 2 amide bonds. The maximum absolute atomic E-state index is 13.6. The zero-order valence-electron chi connectivity index (χ0n) is 13.8. The molecular weight excluding hydrogens is 315 g/mol. The number of amides is 2. The SMILES string of the molecule is CCOC(=O)NCCNC(=O)C1(c2cccc(F)c2)CCOCC1. The fourth-order valence-electron chi connectivity index (χ4n) is 2.84. The first-order valence-corrected chi connectivity index (χ1v) is 8.11. The van der Waals surface area contributed by atoms with Crippen LogP contribution in [-0.4, -0.2) is 44.9 Å². The summed E-state index contributed by atoms with van der Waals surface area (Å²) in [4.78, 5) is 24.0. The Morgan fingerprint density at radius 1 is 1.25 bits per heavy atom. The van der Waals surface area contributed by atoms with Gasteiger partial charge in [0.1, 0.15) is 5.82 Å². The topological polar surface area (TPSA) is 76.7 Å². The lowest BCUT2D eigenvalue weighted by atomic mass is 9.73. The fraction of sp³-hybridized carbons (Fsp3) is 0.529. The van der Waals surface area contributed by atoms with Crippen LogP contribution in [0.5, 0.6) is 0 Å². The second-order valence-corrected chi connectivity index (χ2v) is 5.61. The second kappa shape index (κ2) is 8.63. The smallest absolute Gasteiger partial charge is 0.407 e. The molecule has 6 nitrogen and oxygen atoms in total. The molecule has 0 aromatic heterocycles. The number of nitrogens with one attached hydrogen (secondary N) is 2. The number of benzene rings is 1. The van der Waals surface area contributed by atoms with Crippen LogP contribution >= 0.6 is 0 Å². The zero-order valence-corrected chi connectivity index (χ0v) is 13.8. The molecule has 0 aliphatic carbocycles. The normalized spacial score (nSPS) is 16.2. The van der Waals surface area contributed by atoms with Gasteiger partial charge in [0.25, 0.3) is 0 Å². The highest BCUT2D eigenvalue weighted by Gasteiger charge is 2.41. The molecule has 24 heavy (non-hydrogen) atoms. The Hall–Kier alpha value is -2.15. The summed E-state index contributed by atoms with van der Waals surface area (Å²) >= 11 is 0. The zero-order chi connectivity index (χ0) is 17.4. The van der Waals surface area contributed by atoms with Crippen molar-refractivity contribution < 1.29 is 23.5 Å². The quantitative estimate of drug-likeness (QED) is 0.775. The van der Waals surface area contributed by atoms with Crippen LogP contribution in [0.25, 0.3) is 0 Å². The number of carbonyl (C=O) groups is 2. The van der Waals surface area contributed by atoms with Gasteiger partial charge in [0, 0.05) is 26.3 Å². The molecule has 1 fully saturated rings. The average Bonchev–Trinajstić information content (AvgIpc) is 2.59. The van der Waals surface area contributed by atoms with Gasteiger partial charge in [-0.15, -0.1) is 0 Å². The lowest BCUT2D eigenvalue weighted by Gasteiger charge is -2.36. The number of hydrogen-bond donors (Lipinski definition) is 2. The van der Waals surface area contributed by atoms with Crippen molar-refractivity contribution in [3.8, 4) is 0 Å². The third kappa shape index (κ3) is 4.44. The lowest BCUT2D eigenvalue weighted by Crippen LogP contribution is -2.49. The van der Waals surface area contributed by atoms with Gasteiger partial charge in [-0.3, -0.25) is 4.79 Å². The van der Waals surface area contributed by atoms with E-state index in [4.69, 9.17) is 9.47 Å². The van der Waals surface area contributed by atoms with Crippen molar-refractivity contribution in [2.45, 2.75) is 25.2 Å². The number of ether oxygens (including phenoxy) is 2. The van der Waals surface area contributed by atoms with Gasteiger partial charge < -0.3 is 20.1 Å². The van der Waals surface area contributed by atoms with E-state index in [1.165, 1.54) is 12.1 Å². The van der Waals surface area contributed by atoms with E-state index in [2.05, 4.69) is 10.6 Å². The fourth-order valence-corrected chi connectivity index (χ4v) is 2.84. The van der Waals surface area contributed by atoms with Crippen molar-refractivity contribution in [2.24, 2.45) is 0 Å². The number of carbonyl (C=O) groups excluding carboxylic acids is 2. The first-order valence-electron chi connectivity index (χ1n) is 8.11. The van der Waals surface area contributed by atoms with Crippen molar-refractivity contribution in [3.63, 3.8) is 0 Å². The summed E-state index contributed by atoms with van der Waals surface area (Å²) in [7, 11) is 0. The Balaban J connectivity index is 2.00. The number of hydrogen-bond acceptors (Lipinski definition) is 4. The van der Waals surface area contributed by atoms with Gasteiger partial charge in [0.15, 0.2) is 0 Å². The van der Waals surface area contributed by atoms with Crippen LogP contribution in [0.4, 0.5) is 9.18 Å². The van der Waals surface area contributed by atoms with E-state index in [9.17, 15) is 14.0 Å².